The summed E-state index contributed by atoms with van der Waals surface area (Å²) >= 11 is 0. The van der Waals surface area contributed by atoms with Crippen molar-refractivity contribution in [2.75, 3.05) is 33.1 Å². The fraction of sp³-hybridized carbons (Fsp3) is 0.316. The van der Waals surface area contributed by atoms with Crippen LogP contribution in [0.3, 0.4) is 0 Å². The minimum Gasteiger partial charge on any atom is -0.497 e. The number of nitro groups is 1. The Bertz CT molecular complexity index is 805. The van der Waals surface area contributed by atoms with E-state index in [4.69, 9.17) is 4.74 Å². The Hall–Kier alpha value is -2.93. The molecule has 26 heavy (non-hydrogen) atoms. The molecule has 1 N–H and O–H groups in total. The van der Waals surface area contributed by atoms with E-state index < -0.39 is 4.92 Å². The molecule has 0 spiro atoms. The quantitative estimate of drug-likeness (QED) is 0.442. The van der Waals surface area contributed by atoms with Crippen LogP contribution in [0.1, 0.15) is 28.9 Å². The maximum absolute atomic E-state index is 11.5. The third-order valence-corrected chi connectivity index (χ3v) is 4.19. The molecule has 0 fully saturated rings. The number of Topliss-reactive ketones (excluding diaryl/α,β-unsaturated/α-hetero) is 1. The molecule has 0 aliphatic rings. The Balaban J connectivity index is 2.26. The number of carbonyl (C=O) groups excluding carboxylic acids is 1. The van der Waals surface area contributed by atoms with Gasteiger partial charge in [0.1, 0.15) is 11.4 Å². The van der Waals surface area contributed by atoms with Gasteiger partial charge in [0.25, 0.3) is 5.69 Å². The van der Waals surface area contributed by atoms with Crippen molar-refractivity contribution in [3.05, 3.63) is 63.7 Å². The molecule has 0 radical (unpaired) electrons. The summed E-state index contributed by atoms with van der Waals surface area (Å²) in [6.45, 7) is 1.84. The van der Waals surface area contributed by atoms with Crippen molar-refractivity contribution in [1.29, 1.82) is 0 Å². The Kier molecular flexibility index (Phi) is 6.30. The molecule has 0 heterocycles. The average molecular weight is 357 g/mol. The molecule has 7 nitrogen and oxygen atoms in total. The zero-order valence-electron chi connectivity index (χ0n) is 15.4. The Morgan fingerprint density at radius 3 is 2.58 bits per heavy atom. The summed E-state index contributed by atoms with van der Waals surface area (Å²) in [6, 6.07) is 12.2. The summed E-state index contributed by atoms with van der Waals surface area (Å²) in [7, 11) is 5.50. The van der Waals surface area contributed by atoms with E-state index in [2.05, 4.69) is 5.32 Å². The molecule has 0 unspecified atom stereocenters. The second-order valence-electron chi connectivity index (χ2n) is 6.18. The molecule has 138 valence electrons. The van der Waals surface area contributed by atoms with Gasteiger partial charge in [-0.2, -0.15) is 0 Å². The van der Waals surface area contributed by atoms with Crippen LogP contribution in [0.2, 0.25) is 0 Å². The minimum atomic E-state index is -0.481. The fourth-order valence-electron chi connectivity index (χ4n) is 2.71. The number of ether oxygens (including phenoxy) is 1. The second-order valence-corrected chi connectivity index (χ2v) is 6.18. The number of hydrogen-bond donors (Lipinski definition) is 1. The number of nitro benzene ring substituents is 1. The highest BCUT2D eigenvalue weighted by Gasteiger charge is 2.19. The molecule has 0 bridgehead atoms. The second kappa shape index (κ2) is 8.44. The molecule has 1 atom stereocenters. The monoisotopic (exact) mass is 357 g/mol. The highest BCUT2D eigenvalue weighted by atomic mass is 16.6. The lowest BCUT2D eigenvalue weighted by molar-refractivity contribution is -0.384. The zero-order chi connectivity index (χ0) is 19.3. The fourth-order valence-corrected chi connectivity index (χ4v) is 2.71. The predicted octanol–water partition coefficient (Wildman–Crippen LogP) is 3.52. The molecule has 2 aromatic rings. The van der Waals surface area contributed by atoms with Crippen LogP contribution in [-0.2, 0) is 0 Å². The SMILES string of the molecule is COc1cccc([C@@H](CNc2ccc(C(C)=O)cc2[N+](=O)[O-])N(C)C)c1. The Morgan fingerprint density at radius 1 is 1.27 bits per heavy atom. The maximum atomic E-state index is 11.5. The number of nitrogens with zero attached hydrogens (tertiary/aromatic N) is 2. The van der Waals surface area contributed by atoms with Crippen LogP contribution < -0.4 is 10.1 Å². The summed E-state index contributed by atoms with van der Waals surface area (Å²) in [4.78, 5) is 24.4. The summed E-state index contributed by atoms with van der Waals surface area (Å²) in [6.07, 6.45) is 0. The normalized spacial score (nSPS) is 11.9. The van der Waals surface area contributed by atoms with Crippen molar-refractivity contribution >= 4 is 17.2 Å². The molecule has 2 rings (SSSR count). The molecule has 0 saturated carbocycles. The van der Waals surface area contributed by atoms with Gasteiger partial charge in [-0.15, -0.1) is 0 Å². The minimum absolute atomic E-state index is 0.0165. The number of anilines is 1. The summed E-state index contributed by atoms with van der Waals surface area (Å²) in [5.41, 5.74) is 1.62. The highest BCUT2D eigenvalue weighted by molar-refractivity contribution is 5.95. The number of likely N-dealkylation sites (N-methyl/N-ethyl adjacent to an activating group) is 1. The van der Waals surface area contributed by atoms with Crippen LogP contribution in [0, 0.1) is 10.1 Å². The van der Waals surface area contributed by atoms with E-state index in [1.165, 1.54) is 13.0 Å². The standard InChI is InChI=1S/C19H23N3O4/c1-13(23)14-8-9-17(18(11-14)22(24)25)20-12-19(21(2)3)15-6-5-7-16(10-15)26-4/h5-11,19-20H,12H2,1-4H3/t19-/m1/s1. The number of hydrogen-bond acceptors (Lipinski definition) is 6. The third-order valence-electron chi connectivity index (χ3n) is 4.19. The number of benzene rings is 2. The van der Waals surface area contributed by atoms with E-state index in [0.29, 0.717) is 17.8 Å². The van der Waals surface area contributed by atoms with Crippen LogP contribution in [0.25, 0.3) is 0 Å². The van der Waals surface area contributed by atoms with Crippen molar-refractivity contribution in [3.63, 3.8) is 0 Å². The van der Waals surface area contributed by atoms with Crippen LogP contribution in [0.15, 0.2) is 42.5 Å². The van der Waals surface area contributed by atoms with Gasteiger partial charge in [-0.3, -0.25) is 14.9 Å². The van der Waals surface area contributed by atoms with Crippen LogP contribution >= 0.6 is 0 Å². The maximum Gasteiger partial charge on any atom is 0.293 e. The predicted molar refractivity (Wildman–Crippen MR) is 101 cm³/mol. The first-order chi connectivity index (χ1) is 12.3. The average Bonchev–Trinajstić information content (AvgIpc) is 2.61. The molecule has 0 amide bonds. The molecule has 7 heteroatoms. The topological polar surface area (TPSA) is 84.7 Å². The zero-order valence-corrected chi connectivity index (χ0v) is 15.4. The van der Waals surface area contributed by atoms with Gasteiger partial charge < -0.3 is 15.0 Å². The lowest BCUT2D eigenvalue weighted by Gasteiger charge is -2.26. The van der Waals surface area contributed by atoms with Gasteiger partial charge in [0.2, 0.25) is 0 Å². The van der Waals surface area contributed by atoms with Crippen LogP contribution in [0.4, 0.5) is 11.4 Å². The first kappa shape index (κ1) is 19.4. The Labute approximate surface area is 152 Å². The first-order valence-electron chi connectivity index (χ1n) is 8.17. The highest BCUT2D eigenvalue weighted by Crippen LogP contribution is 2.28. The lowest BCUT2D eigenvalue weighted by Crippen LogP contribution is -2.27. The van der Waals surface area contributed by atoms with E-state index in [9.17, 15) is 14.9 Å². The smallest absolute Gasteiger partial charge is 0.293 e. The van der Waals surface area contributed by atoms with Crippen molar-refractivity contribution < 1.29 is 14.5 Å². The van der Waals surface area contributed by atoms with Gasteiger partial charge in [0.05, 0.1) is 18.1 Å². The molecular weight excluding hydrogens is 334 g/mol. The molecule has 2 aromatic carbocycles. The van der Waals surface area contributed by atoms with E-state index in [1.54, 1.807) is 19.2 Å². The van der Waals surface area contributed by atoms with Gasteiger partial charge in [0.15, 0.2) is 5.78 Å². The third kappa shape index (κ3) is 4.58. The van der Waals surface area contributed by atoms with E-state index in [-0.39, 0.29) is 17.5 Å². The number of carbonyl (C=O) groups is 1. The number of nitrogens with one attached hydrogen (secondary N) is 1. The molecular formula is C19H23N3O4. The van der Waals surface area contributed by atoms with Gasteiger partial charge in [-0.1, -0.05) is 12.1 Å². The number of ketones is 1. The number of methoxy groups -OCH3 is 1. The van der Waals surface area contributed by atoms with Gasteiger partial charge in [-0.05, 0) is 50.8 Å². The largest absolute Gasteiger partial charge is 0.497 e. The van der Waals surface area contributed by atoms with E-state index in [0.717, 1.165) is 11.3 Å². The number of rotatable bonds is 8. The summed E-state index contributed by atoms with van der Waals surface area (Å²) < 4.78 is 5.27. The molecule has 0 saturated heterocycles. The van der Waals surface area contributed by atoms with Crippen LogP contribution in [-0.4, -0.2) is 43.4 Å². The van der Waals surface area contributed by atoms with Crippen molar-refractivity contribution in [2.24, 2.45) is 0 Å². The molecule has 0 aliphatic carbocycles. The lowest BCUT2D eigenvalue weighted by atomic mass is 10.0. The van der Waals surface area contributed by atoms with Gasteiger partial charge in [0, 0.05) is 18.2 Å². The van der Waals surface area contributed by atoms with Crippen LogP contribution in [0.5, 0.6) is 5.75 Å². The van der Waals surface area contributed by atoms with Crippen molar-refractivity contribution in [2.45, 2.75) is 13.0 Å². The van der Waals surface area contributed by atoms with Gasteiger partial charge in [-0.25, -0.2) is 0 Å². The summed E-state index contributed by atoms with van der Waals surface area (Å²) in [5, 5.41) is 14.5. The molecule has 0 aromatic heterocycles. The summed E-state index contributed by atoms with van der Waals surface area (Å²) in [5.74, 6) is 0.549. The van der Waals surface area contributed by atoms with Gasteiger partial charge >= 0.3 is 0 Å². The van der Waals surface area contributed by atoms with E-state index in [1.807, 2.05) is 43.3 Å². The van der Waals surface area contributed by atoms with Crippen molar-refractivity contribution in [3.8, 4) is 5.75 Å². The first-order valence-corrected chi connectivity index (χ1v) is 8.17. The molecule has 0 aliphatic heterocycles. The van der Waals surface area contributed by atoms with Crippen molar-refractivity contribution in [1.82, 2.24) is 4.90 Å². The van der Waals surface area contributed by atoms with E-state index >= 15 is 0 Å². The Morgan fingerprint density at radius 2 is 2.00 bits per heavy atom.